The lowest BCUT2D eigenvalue weighted by atomic mass is 9.51. The highest BCUT2D eigenvalue weighted by molar-refractivity contribution is 7.88. The summed E-state index contributed by atoms with van der Waals surface area (Å²) in [6.07, 6.45) is 2.08. The van der Waals surface area contributed by atoms with E-state index in [1.165, 1.54) is 6.92 Å². The summed E-state index contributed by atoms with van der Waals surface area (Å²) in [7, 11) is -1.95. The van der Waals surface area contributed by atoms with Gasteiger partial charge in [-0.05, 0) is 60.9 Å². The Bertz CT molecular complexity index is 1630. The number of rotatable bonds is 8. The highest BCUT2D eigenvalue weighted by Gasteiger charge is 2.66. The second-order valence-electron chi connectivity index (χ2n) is 12.6. The molecule has 0 amide bonds. The van der Waals surface area contributed by atoms with E-state index in [4.69, 9.17) is 9.47 Å². The number of likely N-dealkylation sites (tertiary alicyclic amines) is 1. The number of ether oxygens (including phenoxy) is 2. The molecule has 2 heterocycles. The summed E-state index contributed by atoms with van der Waals surface area (Å²) in [5.74, 6) is 0.731. The minimum absolute atomic E-state index is 0.0747. The van der Waals surface area contributed by atoms with Gasteiger partial charge in [-0.15, -0.1) is 0 Å². The number of piperidine rings is 1. The van der Waals surface area contributed by atoms with Gasteiger partial charge in [0.15, 0.2) is 11.5 Å². The van der Waals surface area contributed by atoms with Crippen LogP contribution in [0.4, 0.5) is 0 Å². The minimum Gasteiger partial charge on any atom is -0.484 e. The van der Waals surface area contributed by atoms with Gasteiger partial charge in [0.2, 0.25) is 10.0 Å². The fourth-order valence-corrected chi connectivity index (χ4v) is 9.96. The molecule has 0 radical (unpaired) electrons. The van der Waals surface area contributed by atoms with Crippen LogP contribution in [-0.2, 0) is 32.4 Å². The number of aliphatic hydroxyl groups is 1. The van der Waals surface area contributed by atoms with Gasteiger partial charge in [-0.1, -0.05) is 66.7 Å². The maximum absolute atomic E-state index is 13.8. The maximum Gasteiger partial charge on any atom is 0.308 e. The van der Waals surface area contributed by atoms with Crippen LogP contribution in [-0.4, -0.2) is 67.0 Å². The van der Waals surface area contributed by atoms with Crippen molar-refractivity contribution in [2.45, 2.75) is 68.1 Å². The van der Waals surface area contributed by atoms with E-state index in [2.05, 4.69) is 4.90 Å². The smallest absolute Gasteiger partial charge is 0.308 e. The van der Waals surface area contributed by atoms with Crippen LogP contribution in [0.3, 0.4) is 0 Å². The number of esters is 1. The molecule has 1 saturated carbocycles. The van der Waals surface area contributed by atoms with Crippen LogP contribution in [0.25, 0.3) is 0 Å². The molecule has 2 fully saturated rings. The molecular weight excluding hydrogens is 564 g/mol. The molecule has 0 aromatic heterocycles. The third-order valence-corrected chi connectivity index (χ3v) is 12.2. The van der Waals surface area contributed by atoms with Crippen molar-refractivity contribution in [1.82, 2.24) is 9.21 Å². The van der Waals surface area contributed by atoms with Crippen molar-refractivity contribution in [2.75, 3.05) is 20.1 Å². The van der Waals surface area contributed by atoms with Crippen molar-refractivity contribution < 1.29 is 27.8 Å². The van der Waals surface area contributed by atoms with Crippen LogP contribution < -0.4 is 9.47 Å². The molecule has 2 aliphatic carbocycles. The molecule has 43 heavy (non-hydrogen) atoms. The Morgan fingerprint density at radius 1 is 1.09 bits per heavy atom. The first-order valence-electron chi connectivity index (χ1n) is 15.2. The van der Waals surface area contributed by atoms with E-state index in [1.54, 1.807) is 11.4 Å². The number of carbonyl (C=O) groups is 1. The lowest BCUT2D eigenvalue weighted by Crippen LogP contribution is -2.69. The zero-order valence-electron chi connectivity index (χ0n) is 24.6. The van der Waals surface area contributed by atoms with Crippen LogP contribution in [0.5, 0.6) is 11.5 Å². The monoisotopic (exact) mass is 602 g/mol. The Balaban J connectivity index is 1.26. The van der Waals surface area contributed by atoms with Crippen molar-refractivity contribution in [3.63, 3.8) is 0 Å². The number of likely N-dealkylation sites (N-methyl/N-ethyl adjacent to an activating group) is 1. The second-order valence-corrected chi connectivity index (χ2v) is 14.6. The number of hydrogen-bond acceptors (Lipinski definition) is 7. The van der Waals surface area contributed by atoms with Crippen molar-refractivity contribution in [3.8, 4) is 11.5 Å². The minimum atomic E-state index is -3.64. The molecule has 1 saturated heterocycles. The van der Waals surface area contributed by atoms with Gasteiger partial charge in [0.25, 0.3) is 0 Å². The van der Waals surface area contributed by atoms with Gasteiger partial charge in [-0.25, -0.2) is 8.42 Å². The Morgan fingerprint density at radius 3 is 2.53 bits per heavy atom. The number of nitrogens with zero attached hydrogens (tertiary/aromatic N) is 2. The molecule has 1 unspecified atom stereocenters. The standard InChI is InChI=1S/C34H38N2O6S/c1-22(37)41-30-16-13-25-19-28-26-14-15-27(35(2)43(39,40)21-23-9-5-3-6-10-23)33-34(26,31(25)32(30)42-33)17-18-36(28)20-29(38)24-11-7-4-8-12-24/h3-13,16,26-29,33,38H,14-15,17-21H2,1-2H3/t26-,27-,28+,29?,33-,34-/m0/s1. The summed E-state index contributed by atoms with van der Waals surface area (Å²) >= 11 is 0. The Kier molecular flexibility index (Phi) is 7.12. The van der Waals surface area contributed by atoms with E-state index in [-0.39, 0.29) is 23.8 Å². The van der Waals surface area contributed by atoms with E-state index >= 15 is 0 Å². The van der Waals surface area contributed by atoms with Crippen molar-refractivity contribution in [1.29, 1.82) is 0 Å². The van der Waals surface area contributed by atoms with Crippen LogP contribution >= 0.6 is 0 Å². The second kappa shape index (κ2) is 10.7. The van der Waals surface area contributed by atoms with E-state index in [1.807, 2.05) is 72.8 Å². The van der Waals surface area contributed by atoms with Gasteiger partial charge in [0.05, 0.1) is 17.9 Å². The number of β-amino-alcohol motifs (C(OH)–C–C–N with tert-alkyl or cyclic N) is 1. The van der Waals surface area contributed by atoms with E-state index in [9.17, 15) is 18.3 Å². The molecule has 3 aromatic rings. The molecule has 226 valence electrons. The first kappa shape index (κ1) is 28.5. The average molecular weight is 603 g/mol. The molecular formula is C34H38N2O6S. The molecule has 9 heteroatoms. The molecule has 6 atom stereocenters. The average Bonchev–Trinajstić information content (AvgIpc) is 3.34. The maximum atomic E-state index is 13.8. The summed E-state index contributed by atoms with van der Waals surface area (Å²) < 4.78 is 41.6. The number of carbonyl (C=O) groups excluding carboxylic acids is 1. The van der Waals surface area contributed by atoms with Crippen molar-refractivity contribution in [2.24, 2.45) is 5.92 Å². The lowest BCUT2D eigenvalue weighted by Gasteiger charge is -2.60. The van der Waals surface area contributed by atoms with Gasteiger partial charge >= 0.3 is 5.97 Å². The Morgan fingerprint density at radius 2 is 1.81 bits per heavy atom. The molecule has 8 nitrogen and oxygen atoms in total. The van der Waals surface area contributed by atoms with Gasteiger partial charge in [0.1, 0.15) is 6.10 Å². The van der Waals surface area contributed by atoms with Crippen LogP contribution in [0.15, 0.2) is 72.8 Å². The largest absolute Gasteiger partial charge is 0.484 e. The molecule has 1 N–H and O–H groups in total. The van der Waals surface area contributed by atoms with Crippen molar-refractivity contribution in [3.05, 3.63) is 95.1 Å². The van der Waals surface area contributed by atoms with Crippen molar-refractivity contribution >= 4 is 16.0 Å². The zero-order chi connectivity index (χ0) is 29.9. The van der Waals surface area contributed by atoms with Gasteiger partial charge in [-0.3, -0.25) is 9.69 Å². The van der Waals surface area contributed by atoms with E-state index < -0.39 is 33.6 Å². The topological polar surface area (TPSA) is 96.4 Å². The molecule has 2 bridgehead atoms. The third kappa shape index (κ3) is 4.68. The van der Waals surface area contributed by atoms with Crippen LogP contribution in [0, 0.1) is 5.92 Å². The fraction of sp³-hybridized carbons (Fsp3) is 0.441. The highest BCUT2D eigenvalue weighted by Crippen LogP contribution is 2.64. The normalized spacial score (nSPS) is 28.2. The fourth-order valence-electron chi connectivity index (χ4n) is 8.52. The highest BCUT2D eigenvalue weighted by atomic mass is 32.2. The third-order valence-electron chi connectivity index (χ3n) is 10.3. The van der Waals surface area contributed by atoms with Crippen LogP contribution in [0.1, 0.15) is 54.5 Å². The predicted molar refractivity (Wildman–Crippen MR) is 162 cm³/mol. The summed E-state index contributed by atoms with van der Waals surface area (Å²) in [6, 6.07) is 22.7. The summed E-state index contributed by atoms with van der Waals surface area (Å²) in [5.41, 5.74) is 3.50. The molecule has 2 aliphatic heterocycles. The SMILES string of the molecule is CC(=O)Oc1ccc2c3c1O[C@H]1[C@@H](N(C)S(=O)(=O)Cc4ccccc4)CC[C@H]4[C@@H](C2)N(CC(O)c2ccccc2)CC[C@@]341. The lowest BCUT2D eigenvalue weighted by molar-refractivity contribution is -0.132. The predicted octanol–water partition coefficient (Wildman–Crippen LogP) is 4.22. The number of benzene rings is 3. The number of sulfonamides is 1. The van der Waals surface area contributed by atoms with Gasteiger partial charge < -0.3 is 14.6 Å². The molecule has 1 spiro atoms. The summed E-state index contributed by atoms with van der Waals surface area (Å²) in [5, 5.41) is 11.2. The zero-order valence-corrected chi connectivity index (χ0v) is 25.4. The Labute approximate surface area is 253 Å². The summed E-state index contributed by atoms with van der Waals surface area (Å²) in [6.45, 7) is 2.68. The van der Waals surface area contributed by atoms with E-state index in [0.29, 0.717) is 24.5 Å². The molecule has 4 aliphatic rings. The number of aliphatic hydroxyl groups excluding tert-OH is 1. The molecule has 7 rings (SSSR count). The Hall–Kier alpha value is -3.24. The first-order valence-corrected chi connectivity index (χ1v) is 16.8. The number of hydrogen-bond donors (Lipinski definition) is 1. The van der Waals surface area contributed by atoms with Gasteiger partial charge in [0, 0.05) is 37.5 Å². The summed E-state index contributed by atoms with van der Waals surface area (Å²) in [4.78, 5) is 14.5. The van der Waals surface area contributed by atoms with E-state index in [0.717, 1.165) is 48.1 Å². The quantitative estimate of drug-likeness (QED) is 0.305. The van der Waals surface area contributed by atoms with Crippen LogP contribution in [0.2, 0.25) is 0 Å². The molecule has 3 aromatic carbocycles. The van der Waals surface area contributed by atoms with Gasteiger partial charge in [-0.2, -0.15) is 4.31 Å². The first-order chi connectivity index (χ1) is 20.7.